The molecule has 3 aliphatic heterocycles. The van der Waals surface area contributed by atoms with Crippen LogP contribution in [0, 0.1) is 0 Å². The van der Waals surface area contributed by atoms with Crippen LogP contribution in [0.2, 0.25) is 0 Å². The van der Waals surface area contributed by atoms with Gasteiger partial charge in [0.15, 0.2) is 0 Å². The van der Waals surface area contributed by atoms with Gasteiger partial charge in [-0.1, -0.05) is 54.6 Å². The predicted molar refractivity (Wildman–Crippen MR) is 115 cm³/mol. The van der Waals surface area contributed by atoms with E-state index in [4.69, 9.17) is 14.5 Å². The van der Waals surface area contributed by atoms with Crippen molar-refractivity contribution in [1.82, 2.24) is 4.90 Å². The molecular weight excluding hydrogens is 360 g/mol. The van der Waals surface area contributed by atoms with Crippen LogP contribution < -0.4 is 4.74 Å². The largest absolute Gasteiger partial charge is 0.464 e. The number of nitrogens with zero attached hydrogens (tertiary/aromatic N) is 2. The van der Waals surface area contributed by atoms with Gasteiger partial charge in [-0.15, -0.1) is 0 Å². The third kappa shape index (κ3) is 2.24. The van der Waals surface area contributed by atoms with Crippen molar-refractivity contribution in [2.24, 2.45) is 4.99 Å². The van der Waals surface area contributed by atoms with Crippen molar-refractivity contribution in [1.29, 1.82) is 0 Å². The van der Waals surface area contributed by atoms with Gasteiger partial charge < -0.3 is 9.47 Å². The van der Waals surface area contributed by atoms with Crippen LogP contribution in [-0.4, -0.2) is 36.6 Å². The van der Waals surface area contributed by atoms with Crippen LogP contribution in [-0.2, 0) is 4.74 Å². The number of ether oxygens (including phenoxy) is 2. The summed E-state index contributed by atoms with van der Waals surface area (Å²) >= 11 is 0. The number of hydrogen-bond donors (Lipinski definition) is 0. The molecular formula is C25H24N2O2. The second kappa shape index (κ2) is 6.15. The lowest BCUT2D eigenvalue weighted by Crippen LogP contribution is -2.67. The molecule has 146 valence electrons. The Hall–Kier alpha value is -2.69. The summed E-state index contributed by atoms with van der Waals surface area (Å²) < 4.78 is 13.1. The maximum atomic E-state index is 6.84. The van der Waals surface area contributed by atoms with Crippen molar-refractivity contribution in [3.63, 3.8) is 0 Å². The smallest absolute Gasteiger partial charge is 0.209 e. The van der Waals surface area contributed by atoms with Gasteiger partial charge in [0.2, 0.25) is 5.72 Å². The van der Waals surface area contributed by atoms with E-state index < -0.39 is 5.72 Å². The fraction of sp³-hybridized carbons (Fsp3) is 0.320. The summed E-state index contributed by atoms with van der Waals surface area (Å²) in [7, 11) is 2.16. The molecule has 0 unspecified atom stereocenters. The first-order chi connectivity index (χ1) is 14.2. The fourth-order valence-corrected chi connectivity index (χ4v) is 5.60. The van der Waals surface area contributed by atoms with Gasteiger partial charge in [0.05, 0.1) is 18.2 Å². The molecule has 0 aromatic heterocycles. The molecule has 1 aliphatic carbocycles. The molecule has 4 heteroatoms. The Morgan fingerprint density at radius 2 is 1.86 bits per heavy atom. The van der Waals surface area contributed by atoms with E-state index in [2.05, 4.69) is 79.5 Å². The Labute approximate surface area is 170 Å². The van der Waals surface area contributed by atoms with Crippen LogP contribution >= 0.6 is 0 Å². The molecule has 2 bridgehead atoms. The fourth-order valence-electron chi connectivity index (χ4n) is 5.60. The number of rotatable bonds is 2. The summed E-state index contributed by atoms with van der Waals surface area (Å²) in [6.07, 6.45) is 3.13. The molecule has 0 N–H and O–H groups in total. The summed E-state index contributed by atoms with van der Waals surface area (Å²) in [5.41, 5.74) is 3.01. The van der Waals surface area contributed by atoms with E-state index in [1.165, 1.54) is 16.5 Å². The molecule has 0 radical (unpaired) electrons. The zero-order chi connectivity index (χ0) is 19.6. The molecule has 4 aliphatic rings. The van der Waals surface area contributed by atoms with Crippen molar-refractivity contribution in [3.8, 4) is 5.75 Å². The number of piperidine rings is 1. The van der Waals surface area contributed by atoms with Gasteiger partial charge in [0.25, 0.3) is 0 Å². The maximum Gasteiger partial charge on any atom is 0.209 e. The molecule has 0 amide bonds. The van der Waals surface area contributed by atoms with E-state index in [9.17, 15) is 0 Å². The molecule has 1 spiro atoms. The lowest BCUT2D eigenvalue weighted by Gasteiger charge is -2.59. The first kappa shape index (κ1) is 17.2. The average Bonchev–Trinajstić information content (AvgIpc) is 2.77. The topological polar surface area (TPSA) is 34.1 Å². The second-order valence-electron chi connectivity index (χ2n) is 8.21. The Bertz CT molecular complexity index is 1140. The Balaban J connectivity index is 1.53. The summed E-state index contributed by atoms with van der Waals surface area (Å²) in [5, 5.41) is 2.31. The van der Waals surface area contributed by atoms with E-state index in [1.54, 1.807) is 0 Å². The molecule has 0 saturated carbocycles. The molecule has 3 aromatic rings. The standard InChI is InChI=1S/C25H24N2O2/c1-3-28-22-14-20-18-10-6-7-11-19(18)23(22)25(27(20)2)15-26-24-17-9-5-4-8-16(17)12-13-21(24)29-25/h4-13,15,20,22-23H,3,14H2,1-2H3/t20-,22-,23-,25+/m1/s1. The van der Waals surface area contributed by atoms with E-state index in [0.29, 0.717) is 6.61 Å². The minimum atomic E-state index is -0.632. The summed E-state index contributed by atoms with van der Waals surface area (Å²) in [5.74, 6) is 0.926. The zero-order valence-electron chi connectivity index (χ0n) is 16.7. The Morgan fingerprint density at radius 1 is 1.07 bits per heavy atom. The van der Waals surface area contributed by atoms with Crippen molar-refractivity contribution < 1.29 is 9.47 Å². The molecule has 4 nitrogen and oxygen atoms in total. The van der Waals surface area contributed by atoms with E-state index in [-0.39, 0.29) is 18.1 Å². The van der Waals surface area contributed by atoms with Crippen molar-refractivity contribution >= 4 is 22.7 Å². The van der Waals surface area contributed by atoms with E-state index in [0.717, 1.165) is 23.2 Å². The summed E-state index contributed by atoms with van der Waals surface area (Å²) in [6, 6.07) is 21.5. The van der Waals surface area contributed by atoms with Crippen molar-refractivity contribution in [2.75, 3.05) is 13.7 Å². The number of hydrogen-bond acceptors (Lipinski definition) is 4. The van der Waals surface area contributed by atoms with E-state index in [1.807, 2.05) is 6.21 Å². The number of likely N-dealkylation sites (N-methyl/N-ethyl adjacent to an activating group) is 1. The normalized spacial score (nSPS) is 29.7. The summed E-state index contributed by atoms with van der Waals surface area (Å²) in [4.78, 5) is 7.35. The summed E-state index contributed by atoms with van der Waals surface area (Å²) in [6.45, 7) is 2.77. The van der Waals surface area contributed by atoms with Gasteiger partial charge in [-0.2, -0.15) is 0 Å². The Kier molecular flexibility index (Phi) is 3.65. The number of aliphatic imine (C=N–C) groups is 1. The molecule has 29 heavy (non-hydrogen) atoms. The lowest BCUT2D eigenvalue weighted by atomic mass is 9.67. The predicted octanol–water partition coefficient (Wildman–Crippen LogP) is 5.21. The highest BCUT2D eigenvalue weighted by Gasteiger charge is 2.60. The van der Waals surface area contributed by atoms with Crippen molar-refractivity contribution in [2.45, 2.75) is 37.1 Å². The van der Waals surface area contributed by atoms with Crippen LogP contribution in [0.4, 0.5) is 5.69 Å². The van der Waals surface area contributed by atoms with Gasteiger partial charge in [0, 0.05) is 18.0 Å². The molecule has 1 fully saturated rings. The quantitative estimate of drug-likeness (QED) is 0.608. The molecule has 3 heterocycles. The number of benzene rings is 3. The Morgan fingerprint density at radius 3 is 2.72 bits per heavy atom. The second-order valence-corrected chi connectivity index (χ2v) is 8.21. The van der Waals surface area contributed by atoms with Gasteiger partial charge >= 0.3 is 0 Å². The highest BCUT2D eigenvalue weighted by Crippen LogP contribution is 2.57. The van der Waals surface area contributed by atoms with Gasteiger partial charge in [0.1, 0.15) is 11.4 Å². The highest BCUT2D eigenvalue weighted by atomic mass is 16.5. The molecule has 7 rings (SSSR count). The molecule has 4 atom stereocenters. The van der Waals surface area contributed by atoms with Gasteiger partial charge in [-0.05, 0) is 43.0 Å². The average molecular weight is 384 g/mol. The third-order valence-electron chi connectivity index (χ3n) is 6.88. The minimum absolute atomic E-state index is 0.0806. The van der Waals surface area contributed by atoms with Gasteiger partial charge in [-0.3, -0.25) is 9.89 Å². The molecule has 3 aromatic carbocycles. The van der Waals surface area contributed by atoms with Crippen LogP contribution in [0.25, 0.3) is 10.8 Å². The maximum absolute atomic E-state index is 6.84. The van der Waals surface area contributed by atoms with Crippen LogP contribution in [0.1, 0.15) is 36.4 Å². The van der Waals surface area contributed by atoms with Crippen LogP contribution in [0.5, 0.6) is 5.75 Å². The van der Waals surface area contributed by atoms with Crippen LogP contribution in [0.15, 0.2) is 65.7 Å². The van der Waals surface area contributed by atoms with E-state index >= 15 is 0 Å². The van der Waals surface area contributed by atoms with Gasteiger partial charge in [-0.25, -0.2) is 0 Å². The zero-order valence-corrected chi connectivity index (χ0v) is 16.7. The first-order valence-electron chi connectivity index (χ1n) is 10.4. The molecule has 1 saturated heterocycles. The lowest BCUT2D eigenvalue weighted by molar-refractivity contribution is -0.153. The SMILES string of the molecule is CCO[C@@H]1C[C@@H]2c3ccccc3[C@H]1[C@@]1(C=Nc3c(ccc4ccccc34)O1)N2C. The van der Waals surface area contributed by atoms with Crippen LogP contribution in [0.3, 0.4) is 0 Å². The first-order valence-corrected chi connectivity index (χ1v) is 10.4. The minimum Gasteiger partial charge on any atom is -0.464 e. The monoisotopic (exact) mass is 384 g/mol. The van der Waals surface area contributed by atoms with Crippen molar-refractivity contribution in [3.05, 3.63) is 71.8 Å². The number of fused-ring (bicyclic) bond motifs is 4. The highest BCUT2D eigenvalue weighted by molar-refractivity contribution is 5.98. The third-order valence-corrected chi connectivity index (χ3v) is 6.88.